The maximum atomic E-state index is 13.5. The van der Waals surface area contributed by atoms with E-state index in [0.29, 0.717) is 38.4 Å². The van der Waals surface area contributed by atoms with Crippen molar-refractivity contribution in [1.82, 2.24) is 10.2 Å². The zero-order chi connectivity index (χ0) is 29.5. The van der Waals surface area contributed by atoms with E-state index in [0.717, 1.165) is 42.5 Å². The van der Waals surface area contributed by atoms with Crippen LogP contribution in [0.4, 0.5) is 14.9 Å². The molecule has 220 valence electrons. The van der Waals surface area contributed by atoms with Crippen LogP contribution >= 0.6 is 0 Å². The van der Waals surface area contributed by atoms with Crippen LogP contribution in [0, 0.1) is 17.1 Å². The third-order valence-corrected chi connectivity index (χ3v) is 8.23. The fraction of sp³-hybridized carbons (Fsp3) is 0.364. The molecule has 0 aromatic heterocycles. The smallest absolute Gasteiger partial charge is 0.324 e. The number of nitrogens with two attached hydrogens (primary N) is 1. The monoisotopic (exact) mass is 571 g/mol. The highest BCUT2D eigenvalue weighted by Crippen LogP contribution is 2.38. The van der Waals surface area contributed by atoms with Gasteiger partial charge in [-0.1, -0.05) is 67.4 Å². The van der Waals surface area contributed by atoms with Gasteiger partial charge in [-0.25, -0.2) is 9.18 Å². The van der Waals surface area contributed by atoms with Gasteiger partial charge >= 0.3 is 6.03 Å². The molecule has 5 rings (SSSR count). The van der Waals surface area contributed by atoms with E-state index in [1.807, 2.05) is 47.4 Å². The first-order chi connectivity index (χ1) is 20.4. The molecule has 3 aromatic carbocycles. The average Bonchev–Trinajstić information content (AvgIpc) is 3.03. The van der Waals surface area contributed by atoms with Gasteiger partial charge in [-0.3, -0.25) is 15.1 Å². The normalized spacial score (nSPS) is 19.5. The minimum Gasteiger partial charge on any atom is -0.386 e. The maximum Gasteiger partial charge on any atom is 0.324 e. The molecule has 1 aliphatic heterocycles. The lowest BCUT2D eigenvalue weighted by atomic mass is 9.74. The number of carbonyl (C=O) groups is 2. The second-order valence-corrected chi connectivity index (χ2v) is 11.0. The quantitative estimate of drug-likeness (QED) is 0.250. The van der Waals surface area contributed by atoms with Crippen molar-refractivity contribution in [3.8, 4) is 0 Å². The Hall–Kier alpha value is -4.24. The molecule has 1 heterocycles. The minimum atomic E-state index is -0.809. The molecule has 0 radical (unpaired) electrons. The van der Waals surface area contributed by atoms with Crippen molar-refractivity contribution < 1.29 is 18.7 Å². The van der Waals surface area contributed by atoms with E-state index in [-0.39, 0.29) is 35.4 Å². The highest BCUT2D eigenvalue weighted by molar-refractivity contribution is 5.92. The van der Waals surface area contributed by atoms with E-state index in [2.05, 4.69) is 17.4 Å². The van der Waals surface area contributed by atoms with Crippen LogP contribution in [0.25, 0.3) is 0 Å². The van der Waals surface area contributed by atoms with E-state index in [9.17, 15) is 14.0 Å². The Balaban J connectivity index is 1.31. The summed E-state index contributed by atoms with van der Waals surface area (Å²) in [6.45, 7) is 2.63. The first-order valence-corrected chi connectivity index (χ1v) is 14.6. The largest absolute Gasteiger partial charge is 0.386 e. The topological polar surface area (TPSA) is 112 Å². The molecule has 8 nitrogen and oxygen atoms in total. The number of rotatable bonds is 8. The predicted octanol–water partition coefficient (Wildman–Crippen LogP) is 5.35. The number of halogens is 1. The van der Waals surface area contributed by atoms with Crippen molar-refractivity contribution in [3.63, 3.8) is 0 Å². The highest BCUT2D eigenvalue weighted by Gasteiger charge is 2.34. The van der Waals surface area contributed by atoms with Crippen molar-refractivity contribution in [2.75, 3.05) is 31.2 Å². The molecule has 2 fully saturated rings. The van der Waals surface area contributed by atoms with Gasteiger partial charge in [0.25, 0.3) is 0 Å². The molecule has 3 aromatic rings. The number of carbonyl (C=O) groups excluding carboxylic acids is 2. The van der Waals surface area contributed by atoms with Crippen molar-refractivity contribution in [1.29, 1.82) is 5.41 Å². The number of nitrogens with zero attached hydrogens (tertiary/aromatic N) is 2. The third-order valence-electron chi connectivity index (χ3n) is 8.23. The van der Waals surface area contributed by atoms with Crippen LogP contribution in [0.2, 0.25) is 0 Å². The van der Waals surface area contributed by atoms with E-state index in [4.69, 9.17) is 15.9 Å². The fourth-order valence-corrected chi connectivity index (χ4v) is 5.94. The second kappa shape index (κ2) is 13.6. The third kappa shape index (κ3) is 6.97. The van der Waals surface area contributed by atoms with E-state index in [1.54, 1.807) is 17.0 Å². The molecule has 1 aliphatic carbocycles. The van der Waals surface area contributed by atoms with Crippen molar-refractivity contribution in [3.05, 3.63) is 101 Å². The molecule has 3 amide bonds. The second-order valence-electron chi connectivity index (χ2n) is 11.0. The van der Waals surface area contributed by atoms with Gasteiger partial charge in [0.15, 0.2) is 0 Å². The molecule has 42 heavy (non-hydrogen) atoms. The van der Waals surface area contributed by atoms with Crippen LogP contribution in [-0.4, -0.2) is 49.0 Å². The molecule has 1 saturated heterocycles. The lowest BCUT2D eigenvalue weighted by molar-refractivity contribution is -0.127. The van der Waals surface area contributed by atoms with Gasteiger partial charge in [0.05, 0.1) is 19.8 Å². The number of para-hydroxylation sites is 1. The van der Waals surface area contributed by atoms with Gasteiger partial charge in [-0.15, -0.1) is 0 Å². The standard InChI is InChI=1S/C33H38FN5O3/c34-26-16-14-25(15-17-26)30(31(35)36)37-32(40)29-9-5-4-8-28(29)24-12-10-23(11-13-24)22-39(27-6-2-1-3-7-27)33(41)38-18-20-42-21-19-38/h1-3,6-7,10-17,28-30H,4-5,8-9,18-22H2,(H3,35,36)(H,37,40). The summed E-state index contributed by atoms with van der Waals surface area (Å²) in [5.74, 6) is -0.981. The Morgan fingerprint density at radius 2 is 1.64 bits per heavy atom. The van der Waals surface area contributed by atoms with Gasteiger partial charge in [-0.05, 0) is 59.7 Å². The minimum absolute atomic E-state index is 0.0221. The van der Waals surface area contributed by atoms with Gasteiger partial charge in [0.2, 0.25) is 5.91 Å². The predicted molar refractivity (Wildman–Crippen MR) is 161 cm³/mol. The van der Waals surface area contributed by atoms with Crippen LogP contribution in [0.3, 0.4) is 0 Å². The number of nitrogens with one attached hydrogen (secondary N) is 2. The molecule has 2 aliphatic rings. The van der Waals surface area contributed by atoms with Gasteiger partial charge in [0, 0.05) is 24.7 Å². The van der Waals surface area contributed by atoms with Crippen LogP contribution in [0.15, 0.2) is 78.9 Å². The molecule has 0 bridgehead atoms. The maximum absolute atomic E-state index is 13.5. The van der Waals surface area contributed by atoms with Crippen molar-refractivity contribution in [2.45, 2.75) is 44.2 Å². The average molecular weight is 572 g/mol. The van der Waals surface area contributed by atoms with E-state index >= 15 is 0 Å². The Morgan fingerprint density at radius 1 is 0.976 bits per heavy atom. The summed E-state index contributed by atoms with van der Waals surface area (Å²) in [6.07, 6.45) is 3.59. The number of urea groups is 1. The van der Waals surface area contributed by atoms with Crippen molar-refractivity contribution in [2.24, 2.45) is 11.7 Å². The molecule has 9 heteroatoms. The first-order valence-electron chi connectivity index (χ1n) is 14.6. The van der Waals surface area contributed by atoms with Crippen LogP contribution in [-0.2, 0) is 16.1 Å². The summed E-state index contributed by atoms with van der Waals surface area (Å²) in [5.41, 5.74) is 9.31. The van der Waals surface area contributed by atoms with E-state index < -0.39 is 6.04 Å². The lowest BCUT2D eigenvalue weighted by Gasteiger charge is -2.33. The van der Waals surface area contributed by atoms with Gasteiger partial charge < -0.3 is 20.7 Å². The Morgan fingerprint density at radius 3 is 2.31 bits per heavy atom. The summed E-state index contributed by atoms with van der Waals surface area (Å²) in [6, 6.07) is 22.7. The Labute approximate surface area is 246 Å². The number of amides is 3. The van der Waals surface area contributed by atoms with Gasteiger partial charge in [0.1, 0.15) is 17.7 Å². The summed E-state index contributed by atoms with van der Waals surface area (Å²) < 4.78 is 18.9. The van der Waals surface area contributed by atoms with Gasteiger partial charge in [-0.2, -0.15) is 0 Å². The van der Waals surface area contributed by atoms with Crippen LogP contribution in [0.1, 0.15) is 54.3 Å². The fourth-order valence-electron chi connectivity index (χ4n) is 5.94. The summed E-state index contributed by atoms with van der Waals surface area (Å²) in [7, 11) is 0. The molecule has 0 spiro atoms. The number of amidine groups is 1. The number of hydrogen-bond acceptors (Lipinski definition) is 4. The van der Waals surface area contributed by atoms with Crippen molar-refractivity contribution >= 4 is 23.5 Å². The summed E-state index contributed by atoms with van der Waals surface area (Å²) in [4.78, 5) is 30.7. The summed E-state index contributed by atoms with van der Waals surface area (Å²) in [5, 5.41) is 11.0. The SMILES string of the molecule is N=C(N)C(NC(=O)C1CCCCC1c1ccc(CN(C(=O)N2CCOCC2)c2ccccc2)cc1)c1ccc(F)cc1. The number of hydrogen-bond donors (Lipinski definition) is 3. The number of morpholine rings is 1. The highest BCUT2D eigenvalue weighted by atomic mass is 19.1. The first kappa shape index (κ1) is 29.3. The zero-order valence-electron chi connectivity index (χ0n) is 23.7. The summed E-state index contributed by atoms with van der Waals surface area (Å²) >= 11 is 0. The van der Waals surface area contributed by atoms with E-state index in [1.165, 1.54) is 12.1 Å². The molecule has 1 saturated carbocycles. The molecule has 3 unspecified atom stereocenters. The number of benzene rings is 3. The molecular weight excluding hydrogens is 533 g/mol. The molecular formula is C33H38FN5O3. The molecule has 4 N–H and O–H groups in total. The molecule has 3 atom stereocenters. The Kier molecular flexibility index (Phi) is 9.48. The number of ether oxygens (including phenoxy) is 1. The van der Waals surface area contributed by atoms with Crippen LogP contribution in [0.5, 0.6) is 0 Å². The Bertz CT molecular complexity index is 1360. The lowest BCUT2D eigenvalue weighted by Crippen LogP contribution is -2.48. The zero-order valence-corrected chi connectivity index (χ0v) is 23.7. The number of anilines is 1. The van der Waals surface area contributed by atoms with Crippen LogP contribution < -0.4 is 16.0 Å².